The molecule has 0 spiro atoms. The SMILES string of the molecule is CN(C)c1cc(N)c(O)c2c1C[C@H]1C[C@H]3[C@H](N(C)C)C(=O)C(C(N)=O)C(=O)[C@@]3(O)C(=O)C1=C2O.Cl. The van der Waals surface area contributed by atoms with Crippen LogP contribution in [0.5, 0.6) is 5.75 Å². The lowest BCUT2D eigenvalue weighted by Crippen LogP contribution is -2.72. The number of phenols is 1. The molecule has 4 rings (SSSR count). The van der Waals surface area contributed by atoms with E-state index in [0.29, 0.717) is 11.3 Å². The van der Waals surface area contributed by atoms with Crippen LogP contribution in [-0.2, 0) is 25.6 Å². The molecular weight excluding hydrogens is 480 g/mol. The predicted molar refractivity (Wildman–Crippen MR) is 129 cm³/mol. The van der Waals surface area contributed by atoms with E-state index in [9.17, 15) is 34.5 Å². The zero-order chi connectivity index (χ0) is 25.4. The molecule has 3 aliphatic carbocycles. The van der Waals surface area contributed by atoms with Gasteiger partial charge < -0.3 is 31.7 Å². The van der Waals surface area contributed by atoms with Crippen molar-refractivity contribution >= 4 is 52.8 Å². The Morgan fingerprint density at radius 1 is 1.14 bits per heavy atom. The number of rotatable bonds is 3. The van der Waals surface area contributed by atoms with Crippen LogP contribution in [0.15, 0.2) is 11.6 Å². The molecule has 1 aromatic rings. The molecule has 11 nitrogen and oxygen atoms in total. The van der Waals surface area contributed by atoms with Crippen LogP contribution in [0.2, 0.25) is 0 Å². The molecule has 1 aromatic carbocycles. The van der Waals surface area contributed by atoms with Gasteiger partial charge in [0.15, 0.2) is 23.1 Å². The number of nitrogens with two attached hydrogens (primary N) is 2. The zero-order valence-electron chi connectivity index (χ0n) is 19.7. The van der Waals surface area contributed by atoms with E-state index in [1.165, 1.54) is 4.90 Å². The number of halogens is 1. The van der Waals surface area contributed by atoms with Gasteiger partial charge in [0.05, 0.1) is 17.3 Å². The number of benzene rings is 1. The van der Waals surface area contributed by atoms with Crippen molar-refractivity contribution in [3.8, 4) is 5.75 Å². The first-order valence-electron chi connectivity index (χ1n) is 10.8. The van der Waals surface area contributed by atoms with Crippen LogP contribution in [0.1, 0.15) is 17.5 Å². The van der Waals surface area contributed by atoms with Crippen molar-refractivity contribution < 1.29 is 34.5 Å². The number of hydrogen-bond donors (Lipinski definition) is 5. The van der Waals surface area contributed by atoms with E-state index < -0.39 is 64.2 Å². The first kappa shape index (κ1) is 26.5. The van der Waals surface area contributed by atoms with Crippen molar-refractivity contribution in [3.63, 3.8) is 0 Å². The number of carbonyl (C=O) groups excluding carboxylic acids is 4. The minimum atomic E-state index is -2.74. The van der Waals surface area contributed by atoms with E-state index in [4.69, 9.17) is 11.5 Å². The fourth-order valence-electron chi connectivity index (χ4n) is 5.85. The summed E-state index contributed by atoms with van der Waals surface area (Å²) in [7, 11) is 6.62. The molecule has 2 saturated carbocycles. The van der Waals surface area contributed by atoms with Crippen LogP contribution in [-0.4, -0.2) is 83.3 Å². The molecule has 12 heteroatoms. The number of nitrogens with zero attached hydrogens (tertiary/aromatic N) is 2. The number of ketones is 3. The highest BCUT2D eigenvalue weighted by atomic mass is 35.5. The Kier molecular flexibility index (Phi) is 6.43. The third-order valence-corrected chi connectivity index (χ3v) is 7.35. The fourth-order valence-corrected chi connectivity index (χ4v) is 5.85. The maximum absolute atomic E-state index is 13.7. The van der Waals surface area contributed by atoms with E-state index in [1.807, 2.05) is 0 Å². The number of carbonyl (C=O) groups is 4. The van der Waals surface area contributed by atoms with Gasteiger partial charge in [-0.15, -0.1) is 12.4 Å². The Morgan fingerprint density at radius 2 is 1.74 bits per heavy atom. The standard InChI is InChI=1S/C23H28N4O7.ClH/c1-26(2)12-7-11(24)17(28)14-9(12)5-8-6-10-16(27(3)4)19(30)15(22(25)33)21(32)23(10,34)20(31)13(8)18(14)29;/h7-8,10,15-16,28-29,34H,5-6,24H2,1-4H3,(H2,25,33);1H/t8-,10-,15?,16-,23-;/m0./s1. The molecule has 0 heterocycles. The number of phenolic OH excluding ortho intramolecular Hbond substituents is 1. The average Bonchev–Trinajstić information content (AvgIpc) is 2.72. The Hall–Kier alpha value is -3.15. The van der Waals surface area contributed by atoms with Crippen LogP contribution in [0, 0.1) is 17.8 Å². The molecule has 1 unspecified atom stereocenters. The van der Waals surface area contributed by atoms with Crippen molar-refractivity contribution in [1.29, 1.82) is 0 Å². The van der Waals surface area contributed by atoms with Gasteiger partial charge >= 0.3 is 0 Å². The number of aromatic hydroxyl groups is 1. The van der Waals surface area contributed by atoms with Crippen molar-refractivity contribution in [2.45, 2.75) is 24.5 Å². The molecular formula is C23H29ClN4O7. The van der Waals surface area contributed by atoms with E-state index in [-0.39, 0.29) is 42.1 Å². The maximum atomic E-state index is 13.7. The van der Waals surface area contributed by atoms with E-state index in [0.717, 1.165) is 0 Å². The van der Waals surface area contributed by atoms with Gasteiger partial charge in [-0.2, -0.15) is 0 Å². The smallest absolute Gasteiger partial charge is 0.235 e. The summed E-state index contributed by atoms with van der Waals surface area (Å²) in [5, 5.41) is 33.3. The summed E-state index contributed by atoms with van der Waals surface area (Å²) < 4.78 is 0. The monoisotopic (exact) mass is 508 g/mol. The minimum Gasteiger partial charge on any atom is -0.507 e. The van der Waals surface area contributed by atoms with Crippen LogP contribution in [0.4, 0.5) is 11.4 Å². The molecule has 0 aliphatic heterocycles. The number of primary amides is 1. The number of likely N-dealkylation sites (N-methyl/N-ethyl adjacent to an activating group) is 1. The summed E-state index contributed by atoms with van der Waals surface area (Å²) >= 11 is 0. The van der Waals surface area contributed by atoms with Gasteiger partial charge in [0.2, 0.25) is 11.7 Å². The molecule has 35 heavy (non-hydrogen) atoms. The maximum Gasteiger partial charge on any atom is 0.235 e. The molecule has 0 aromatic heterocycles. The van der Waals surface area contributed by atoms with Crippen LogP contribution in [0.25, 0.3) is 5.76 Å². The Morgan fingerprint density at radius 3 is 2.26 bits per heavy atom. The Balaban J connectivity index is 0.00000342. The minimum absolute atomic E-state index is 0. The third-order valence-electron chi connectivity index (χ3n) is 7.35. The van der Waals surface area contributed by atoms with E-state index in [1.54, 1.807) is 39.2 Å². The van der Waals surface area contributed by atoms with E-state index >= 15 is 0 Å². The fraction of sp³-hybridized carbons (Fsp3) is 0.478. The van der Waals surface area contributed by atoms with Crippen LogP contribution < -0.4 is 16.4 Å². The number of hydrogen-bond acceptors (Lipinski definition) is 10. The van der Waals surface area contributed by atoms with Gasteiger partial charge in [-0.3, -0.25) is 24.1 Å². The third kappa shape index (κ3) is 3.40. The largest absolute Gasteiger partial charge is 0.507 e. The second-order valence-electron chi connectivity index (χ2n) is 9.69. The van der Waals surface area contributed by atoms with E-state index in [2.05, 4.69) is 0 Å². The molecule has 1 amide bonds. The summed E-state index contributed by atoms with van der Waals surface area (Å²) in [4.78, 5) is 55.2. The highest BCUT2D eigenvalue weighted by Crippen LogP contribution is 2.53. The van der Waals surface area contributed by atoms with Gasteiger partial charge in [0.1, 0.15) is 11.5 Å². The number of aliphatic hydroxyl groups excluding tert-OH is 1. The number of anilines is 2. The van der Waals surface area contributed by atoms with Gasteiger partial charge in [-0.1, -0.05) is 0 Å². The molecule has 190 valence electrons. The van der Waals surface area contributed by atoms with Gasteiger partial charge in [0, 0.05) is 31.3 Å². The number of fused-ring (bicyclic) bond motifs is 3. The number of aliphatic hydroxyl groups is 2. The topological polar surface area (TPSA) is 187 Å². The van der Waals surface area contributed by atoms with Gasteiger partial charge in [-0.05, 0) is 44.5 Å². The summed E-state index contributed by atoms with van der Waals surface area (Å²) in [5.41, 5.74) is 9.37. The second kappa shape index (κ2) is 8.51. The summed E-state index contributed by atoms with van der Waals surface area (Å²) in [6, 6.07) is 0.434. The number of nitrogen functional groups attached to an aromatic ring is 1. The highest BCUT2D eigenvalue weighted by molar-refractivity contribution is 6.32. The Labute approximate surface area is 207 Å². The first-order chi connectivity index (χ1) is 15.7. The quantitative estimate of drug-likeness (QED) is 0.200. The number of amides is 1. The van der Waals surface area contributed by atoms with Crippen molar-refractivity contribution in [3.05, 3.63) is 22.8 Å². The second-order valence-corrected chi connectivity index (χ2v) is 9.69. The van der Waals surface area contributed by atoms with Crippen molar-refractivity contribution in [2.75, 3.05) is 38.8 Å². The number of Topliss-reactive ketones (excluding diaryl/α,β-unsaturated/α-hetero) is 3. The predicted octanol–water partition coefficient (Wildman–Crippen LogP) is -0.593. The Bertz CT molecular complexity index is 1190. The normalized spacial score (nSPS) is 29.8. The molecule has 0 saturated heterocycles. The molecule has 2 fully saturated rings. The van der Waals surface area contributed by atoms with Crippen LogP contribution in [0.3, 0.4) is 0 Å². The molecule has 0 bridgehead atoms. The lowest BCUT2D eigenvalue weighted by molar-refractivity contribution is -0.175. The summed E-state index contributed by atoms with van der Waals surface area (Å²) in [6.45, 7) is 0. The highest BCUT2D eigenvalue weighted by Gasteiger charge is 2.67. The van der Waals surface area contributed by atoms with Crippen molar-refractivity contribution in [2.24, 2.45) is 23.5 Å². The molecule has 5 atom stereocenters. The zero-order valence-corrected chi connectivity index (χ0v) is 20.5. The lowest BCUT2D eigenvalue weighted by atomic mass is 9.55. The summed E-state index contributed by atoms with van der Waals surface area (Å²) in [5.74, 6) is -9.20. The van der Waals surface area contributed by atoms with Gasteiger partial charge in [0.25, 0.3) is 0 Å². The van der Waals surface area contributed by atoms with Gasteiger partial charge in [-0.25, -0.2) is 0 Å². The molecule has 0 radical (unpaired) electrons. The summed E-state index contributed by atoms with van der Waals surface area (Å²) in [6.07, 6.45) is 0.196. The molecule has 3 aliphatic rings. The lowest BCUT2D eigenvalue weighted by Gasteiger charge is -2.51. The molecule has 7 N–H and O–H groups in total. The van der Waals surface area contributed by atoms with Crippen molar-refractivity contribution in [1.82, 2.24) is 4.90 Å². The van der Waals surface area contributed by atoms with Crippen LogP contribution >= 0.6 is 12.4 Å². The first-order valence-corrected chi connectivity index (χ1v) is 10.8. The average molecular weight is 509 g/mol.